The molecule has 3 heteroatoms. The van der Waals surface area contributed by atoms with Gasteiger partial charge in [-0.1, -0.05) is 23.2 Å². The summed E-state index contributed by atoms with van der Waals surface area (Å²) in [5.41, 5.74) is 4.38. The van der Waals surface area contributed by atoms with Crippen LogP contribution in [0.15, 0.2) is 12.1 Å². The molecular formula is C14H13Cl2N. The summed E-state index contributed by atoms with van der Waals surface area (Å²) in [4.78, 5) is 4.71. The first-order valence-electron chi connectivity index (χ1n) is 5.94. The SMILES string of the molecule is Cc1cc2c(Cl)c3c(nc2cc1Cl)CCCC3. The maximum Gasteiger partial charge on any atom is 0.0735 e. The van der Waals surface area contributed by atoms with E-state index in [9.17, 15) is 0 Å². The second kappa shape index (κ2) is 4.15. The van der Waals surface area contributed by atoms with Gasteiger partial charge < -0.3 is 0 Å². The van der Waals surface area contributed by atoms with Gasteiger partial charge in [-0.3, -0.25) is 4.98 Å². The lowest BCUT2D eigenvalue weighted by Crippen LogP contribution is -2.06. The molecule has 0 saturated carbocycles. The summed E-state index contributed by atoms with van der Waals surface area (Å²) < 4.78 is 0. The molecule has 0 spiro atoms. The maximum absolute atomic E-state index is 6.50. The van der Waals surface area contributed by atoms with Crippen LogP contribution in [0.4, 0.5) is 0 Å². The number of aromatic nitrogens is 1. The number of aryl methyl sites for hydroxylation is 2. The standard InChI is InChI=1S/C14H13Cl2N/c1-8-6-10-13(7-11(8)15)17-12-5-3-2-4-9(12)14(10)16/h6-7H,2-5H2,1H3. The molecule has 1 nitrogen and oxygen atoms in total. The van der Waals surface area contributed by atoms with Gasteiger partial charge in [0.2, 0.25) is 0 Å². The van der Waals surface area contributed by atoms with E-state index in [0.717, 1.165) is 45.0 Å². The van der Waals surface area contributed by atoms with Gasteiger partial charge in [-0.15, -0.1) is 0 Å². The van der Waals surface area contributed by atoms with Crippen molar-refractivity contribution in [1.82, 2.24) is 4.98 Å². The molecule has 0 N–H and O–H groups in total. The van der Waals surface area contributed by atoms with Gasteiger partial charge in [-0.25, -0.2) is 0 Å². The van der Waals surface area contributed by atoms with Gasteiger partial charge in [0.1, 0.15) is 0 Å². The minimum Gasteiger partial charge on any atom is -0.252 e. The van der Waals surface area contributed by atoms with E-state index in [1.165, 1.54) is 18.4 Å². The lowest BCUT2D eigenvalue weighted by molar-refractivity contribution is 0.671. The van der Waals surface area contributed by atoms with Crippen molar-refractivity contribution in [2.75, 3.05) is 0 Å². The van der Waals surface area contributed by atoms with Crippen molar-refractivity contribution in [3.05, 3.63) is 39.0 Å². The van der Waals surface area contributed by atoms with Crippen molar-refractivity contribution in [1.29, 1.82) is 0 Å². The predicted octanol–water partition coefficient (Wildman–Crippen LogP) is 4.73. The second-order valence-corrected chi connectivity index (χ2v) is 5.46. The van der Waals surface area contributed by atoms with Crippen LogP contribution in [0, 0.1) is 6.92 Å². The van der Waals surface area contributed by atoms with Crippen LogP contribution in [0.5, 0.6) is 0 Å². The number of halogens is 2. The van der Waals surface area contributed by atoms with E-state index >= 15 is 0 Å². The highest BCUT2D eigenvalue weighted by molar-refractivity contribution is 6.37. The van der Waals surface area contributed by atoms with E-state index in [1.807, 2.05) is 19.1 Å². The summed E-state index contributed by atoms with van der Waals surface area (Å²) in [7, 11) is 0. The predicted molar refractivity (Wildman–Crippen MR) is 73.1 cm³/mol. The Labute approximate surface area is 111 Å². The Morgan fingerprint density at radius 1 is 1.12 bits per heavy atom. The molecule has 0 fully saturated rings. The third-order valence-corrected chi connectivity index (χ3v) is 4.31. The molecule has 2 aromatic rings. The van der Waals surface area contributed by atoms with E-state index in [2.05, 4.69) is 0 Å². The number of nitrogens with zero attached hydrogens (tertiary/aromatic N) is 1. The zero-order valence-electron chi connectivity index (χ0n) is 9.69. The molecule has 0 aliphatic heterocycles. The molecule has 1 heterocycles. The summed E-state index contributed by atoms with van der Waals surface area (Å²) in [6, 6.07) is 3.97. The molecule has 1 aromatic heterocycles. The van der Waals surface area contributed by atoms with Crippen LogP contribution in [0.25, 0.3) is 10.9 Å². The van der Waals surface area contributed by atoms with Crippen molar-refractivity contribution < 1.29 is 0 Å². The third-order valence-electron chi connectivity index (χ3n) is 3.47. The second-order valence-electron chi connectivity index (χ2n) is 4.68. The lowest BCUT2D eigenvalue weighted by Gasteiger charge is -2.18. The average molecular weight is 266 g/mol. The molecule has 1 aliphatic carbocycles. The van der Waals surface area contributed by atoms with Gasteiger partial charge in [0.05, 0.1) is 10.5 Å². The van der Waals surface area contributed by atoms with Gasteiger partial charge in [0.25, 0.3) is 0 Å². The zero-order valence-corrected chi connectivity index (χ0v) is 11.2. The Hall–Kier alpha value is -0.790. The number of fused-ring (bicyclic) bond motifs is 2. The molecule has 1 aliphatic rings. The monoisotopic (exact) mass is 265 g/mol. The molecule has 0 amide bonds. The molecular weight excluding hydrogens is 253 g/mol. The topological polar surface area (TPSA) is 12.9 Å². The smallest absolute Gasteiger partial charge is 0.0735 e. The first-order valence-corrected chi connectivity index (χ1v) is 6.69. The van der Waals surface area contributed by atoms with Crippen molar-refractivity contribution in [2.24, 2.45) is 0 Å². The Balaban J connectivity index is 2.36. The minimum atomic E-state index is 0.761. The van der Waals surface area contributed by atoms with Gasteiger partial charge in [0.15, 0.2) is 0 Å². The van der Waals surface area contributed by atoms with Crippen molar-refractivity contribution in [3.8, 4) is 0 Å². The lowest BCUT2D eigenvalue weighted by atomic mass is 9.94. The fraction of sp³-hybridized carbons (Fsp3) is 0.357. The highest BCUT2D eigenvalue weighted by Gasteiger charge is 2.17. The van der Waals surface area contributed by atoms with Crippen molar-refractivity contribution in [2.45, 2.75) is 32.6 Å². The van der Waals surface area contributed by atoms with Gasteiger partial charge in [0, 0.05) is 16.1 Å². The molecule has 3 rings (SSSR count). The van der Waals surface area contributed by atoms with Gasteiger partial charge in [-0.05, 0) is 55.9 Å². The van der Waals surface area contributed by atoms with Crippen molar-refractivity contribution >= 4 is 34.1 Å². The van der Waals surface area contributed by atoms with Gasteiger partial charge >= 0.3 is 0 Å². The number of hydrogen-bond acceptors (Lipinski definition) is 1. The van der Waals surface area contributed by atoms with E-state index in [1.54, 1.807) is 0 Å². The molecule has 0 saturated heterocycles. The summed E-state index contributed by atoms with van der Waals surface area (Å²) in [5.74, 6) is 0. The van der Waals surface area contributed by atoms with Crippen molar-refractivity contribution in [3.63, 3.8) is 0 Å². The fourth-order valence-corrected chi connectivity index (χ4v) is 3.01. The highest BCUT2D eigenvalue weighted by Crippen LogP contribution is 2.34. The molecule has 0 unspecified atom stereocenters. The van der Waals surface area contributed by atoms with Gasteiger partial charge in [-0.2, -0.15) is 0 Å². The molecule has 0 radical (unpaired) electrons. The van der Waals surface area contributed by atoms with Crippen LogP contribution in [-0.4, -0.2) is 4.98 Å². The molecule has 0 bridgehead atoms. The first kappa shape index (κ1) is 11.3. The number of hydrogen-bond donors (Lipinski definition) is 0. The maximum atomic E-state index is 6.50. The van der Waals surface area contributed by atoms with Crippen LogP contribution in [0.1, 0.15) is 29.7 Å². The summed E-state index contributed by atoms with van der Waals surface area (Å²) in [6.07, 6.45) is 4.52. The number of rotatable bonds is 0. The Morgan fingerprint density at radius 3 is 2.71 bits per heavy atom. The van der Waals surface area contributed by atoms with Crippen LogP contribution < -0.4 is 0 Å². The Kier molecular flexibility index (Phi) is 2.76. The van der Waals surface area contributed by atoms with Crippen LogP contribution in [-0.2, 0) is 12.8 Å². The fourth-order valence-electron chi connectivity index (χ4n) is 2.50. The number of pyridine rings is 1. The largest absolute Gasteiger partial charge is 0.252 e. The van der Waals surface area contributed by atoms with Crippen LogP contribution in [0.2, 0.25) is 10.0 Å². The summed E-state index contributed by atoms with van der Waals surface area (Å²) in [5, 5.41) is 2.68. The number of benzene rings is 1. The quantitative estimate of drug-likeness (QED) is 0.671. The molecule has 0 atom stereocenters. The van der Waals surface area contributed by atoms with E-state index in [0.29, 0.717) is 0 Å². The molecule has 1 aromatic carbocycles. The zero-order chi connectivity index (χ0) is 12.0. The molecule has 88 valence electrons. The third kappa shape index (κ3) is 1.82. The van der Waals surface area contributed by atoms with E-state index < -0.39 is 0 Å². The normalized spacial score (nSPS) is 15.0. The summed E-state index contributed by atoms with van der Waals surface area (Å²) >= 11 is 12.6. The minimum absolute atomic E-state index is 0.761. The van der Waals surface area contributed by atoms with Crippen LogP contribution in [0.3, 0.4) is 0 Å². The van der Waals surface area contributed by atoms with E-state index in [-0.39, 0.29) is 0 Å². The van der Waals surface area contributed by atoms with E-state index in [4.69, 9.17) is 28.2 Å². The summed E-state index contributed by atoms with van der Waals surface area (Å²) in [6.45, 7) is 2.00. The van der Waals surface area contributed by atoms with Crippen LogP contribution >= 0.6 is 23.2 Å². The Bertz CT molecular complexity index is 605. The first-order chi connectivity index (χ1) is 8.16. The molecule has 17 heavy (non-hydrogen) atoms. The average Bonchev–Trinajstić information content (AvgIpc) is 2.32. The highest BCUT2D eigenvalue weighted by atomic mass is 35.5. The Morgan fingerprint density at radius 2 is 1.88 bits per heavy atom.